The number of halogens is 1. The number of ether oxygens (including phenoxy) is 1. The van der Waals surface area contributed by atoms with Gasteiger partial charge >= 0.3 is 0 Å². The predicted molar refractivity (Wildman–Crippen MR) is 70.8 cm³/mol. The minimum Gasteiger partial charge on any atom is -0.481 e. The number of rotatable bonds is 3. The highest BCUT2D eigenvalue weighted by Gasteiger charge is 2.36. The first-order valence-corrected chi connectivity index (χ1v) is 6.45. The standard InChI is InChI=1S/C14H15FN2O4/c1-8-13(19)16-12(18)7-17(8)14(20)9(2)21-11-5-3-4-10(15)6-11/h3-6,8-9H,7H2,1-2H3,(H,16,18,19). The van der Waals surface area contributed by atoms with Gasteiger partial charge in [0.05, 0.1) is 0 Å². The van der Waals surface area contributed by atoms with Crippen LogP contribution in [0.2, 0.25) is 0 Å². The molecule has 1 aliphatic heterocycles. The Morgan fingerprint density at radius 1 is 1.48 bits per heavy atom. The highest BCUT2D eigenvalue weighted by molar-refractivity contribution is 6.04. The number of nitrogens with one attached hydrogen (secondary N) is 1. The van der Waals surface area contributed by atoms with Crippen LogP contribution in [0.1, 0.15) is 13.8 Å². The third-order valence-corrected chi connectivity index (χ3v) is 3.16. The summed E-state index contributed by atoms with van der Waals surface area (Å²) in [6, 6.07) is 4.64. The second kappa shape index (κ2) is 5.90. The summed E-state index contributed by atoms with van der Waals surface area (Å²) in [7, 11) is 0. The summed E-state index contributed by atoms with van der Waals surface area (Å²) in [5.74, 6) is -1.85. The van der Waals surface area contributed by atoms with Gasteiger partial charge in [0.15, 0.2) is 6.10 Å². The van der Waals surface area contributed by atoms with E-state index in [0.717, 1.165) is 11.0 Å². The topological polar surface area (TPSA) is 75.7 Å². The monoisotopic (exact) mass is 294 g/mol. The summed E-state index contributed by atoms with van der Waals surface area (Å²) in [6.45, 7) is 2.80. The molecule has 112 valence electrons. The number of carbonyl (C=O) groups is 3. The molecule has 1 aromatic rings. The zero-order chi connectivity index (χ0) is 15.6. The van der Waals surface area contributed by atoms with E-state index in [0.29, 0.717) is 0 Å². The lowest BCUT2D eigenvalue weighted by Gasteiger charge is -2.33. The fourth-order valence-corrected chi connectivity index (χ4v) is 2.01. The van der Waals surface area contributed by atoms with Gasteiger partial charge in [0, 0.05) is 6.07 Å². The van der Waals surface area contributed by atoms with E-state index in [1.54, 1.807) is 0 Å². The molecule has 1 saturated heterocycles. The SMILES string of the molecule is CC(Oc1cccc(F)c1)C(=O)N1CC(=O)NC(=O)C1C. The van der Waals surface area contributed by atoms with Crippen LogP contribution in [0.25, 0.3) is 0 Å². The van der Waals surface area contributed by atoms with Crippen molar-refractivity contribution in [3.63, 3.8) is 0 Å². The van der Waals surface area contributed by atoms with E-state index in [9.17, 15) is 18.8 Å². The van der Waals surface area contributed by atoms with E-state index in [-0.39, 0.29) is 12.3 Å². The molecular weight excluding hydrogens is 279 g/mol. The zero-order valence-electron chi connectivity index (χ0n) is 11.6. The van der Waals surface area contributed by atoms with Crippen LogP contribution < -0.4 is 10.1 Å². The van der Waals surface area contributed by atoms with E-state index in [4.69, 9.17) is 4.74 Å². The highest BCUT2D eigenvalue weighted by atomic mass is 19.1. The molecule has 2 atom stereocenters. The van der Waals surface area contributed by atoms with Crippen molar-refractivity contribution in [3.8, 4) is 5.75 Å². The van der Waals surface area contributed by atoms with Crippen molar-refractivity contribution < 1.29 is 23.5 Å². The lowest BCUT2D eigenvalue weighted by molar-refractivity contribution is -0.152. The second-order valence-corrected chi connectivity index (χ2v) is 4.77. The fraction of sp³-hybridized carbons (Fsp3) is 0.357. The van der Waals surface area contributed by atoms with Crippen LogP contribution in [0.15, 0.2) is 24.3 Å². The first-order chi connectivity index (χ1) is 9.88. The number of hydrogen-bond acceptors (Lipinski definition) is 4. The second-order valence-electron chi connectivity index (χ2n) is 4.77. The number of piperazine rings is 1. The van der Waals surface area contributed by atoms with Gasteiger partial charge in [-0.1, -0.05) is 6.07 Å². The van der Waals surface area contributed by atoms with Crippen molar-refractivity contribution in [3.05, 3.63) is 30.1 Å². The summed E-state index contributed by atoms with van der Waals surface area (Å²) in [5, 5.41) is 2.15. The normalized spacial score (nSPS) is 20.0. The number of carbonyl (C=O) groups excluding carboxylic acids is 3. The molecule has 21 heavy (non-hydrogen) atoms. The van der Waals surface area contributed by atoms with E-state index in [1.807, 2.05) is 0 Å². The molecule has 3 amide bonds. The molecule has 0 spiro atoms. The van der Waals surface area contributed by atoms with Gasteiger partial charge in [0.25, 0.3) is 5.91 Å². The summed E-state index contributed by atoms with van der Waals surface area (Å²) >= 11 is 0. The van der Waals surface area contributed by atoms with Crippen molar-refractivity contribution >= 4 is 17.7 Å². The Bertz CT molecular complexity index is 590. The van der Waals surface area contributed by atoms with Gasteiger partial charge in [-0.3, -0.25) is 19.7 Å². The Morgan fingerprint density at radius 3 is 2.86 bits per heavy atom. The Labute approximate surface area is 120 Å². The Balaban J connectivity index is 2.08. The van der Waals surface area contributed by atoms with Crippen LogP contribution in [-0.2, 0) is 14.4 Å². The molecule has 1 aromatic carbocycles. The number of amides is 3. The van der Waals surface area contributed by atoms with Crippen molar-refractivity contribution in [1.82, 2.24) is 10.2 Å². The van der Waals surface area contributed by atoms with Crippen LogP contribution in [0.4, 0.5) is 4.39 Å². The summed E-state index contributed by atoms with van der Waals surface area (Å²) in [4.78, 5) is 36.3. The quantitative estimate of drug-likeness (QED) is 0.822. The van der Waals surface area contributed by atoms with Crippen molar-refractivity contribution in [2.24, 2.45) is 0 Å². The third-order valence-electron chi connectivity index (χ3n) is 3.16. The largest absolute Gasteiger partial charge is 0.481 e. The van der Waals surface area contributed by atoms with Gasteiger partial charge in [0.1, 0.15) is 24.2 Å². The van der Waals surface area contributed by atoms with Crippen LogP contribution in [0.5, 0.6) is 5.75 Å². The van der Waals surface area contributed by atoms with Crippen LogP contribution in [0.3, 0.4) is 0 Å². The van der Waals surface area contributed by atoms with Gasteiger partial charge in [-0.2, -0.15) is 0 Å². The van der Waals surface area contributed by atoms with Gasteiger partial charge in [-0.25, -0.2) is 4.39 Å². The molecule has 0 saturated carbocycles. The Morgan fingerprint density at radius 2 is 2.19 bits per heavy atom. The highest BCUT2D eigenvalue weighted by Crippen LogP contribution is 2.16. The number of imide groups is 1. The first kappa shape index (κ1) is 15.0. The summed E-state index contributed by atoms with van der Waals surface area (Å²) in [6.07, 6.45) is -0.937. The minimum atomic E-state index is -0.937. The summed E-state index contributed by atoms with van der Waals surface area (Å²) in [5.41, 5.74) is 0. The molecule has 7 heteroatoms. The van der Waals surface area contributed by atoms with Crippen LogP contribution in [-0.4, -0.2) is 41.3 Å². The van der Waals surface area contributed by atoms with Gasteiger partial charge in [0.2, 0.25) is 11.8 Å². The molecule has 1 N–H and O–H groups in total. The van der Waals surface area contributed by atoms with Gasteiger partial charge in [-0.15, -0.1) is 0 Å². The molecule has 1 fully saturated rings. The molecule has 2 unspecified atom stereocenters. The van der Waals surface area contributed by atoms with Crippen molar-refractivity contribution in [2.45, 2.75) is 26.0 Å². The Hall–Kier alpha value is -2.44. The number of benzene rings is 1. The average molecular weight is 294 g/mol. The maximum atomic E-state index is 13.1. The first-order valence-electron chi connectivity index (χ1n) is 6.45. The van der Waals surface area contributed by atoms with Crippen LogP contribution in [0, 0.1) is 5.82 Å². The zero-order valence-corrected chi connectivity index (χ0v) is 11.6. The van der Waals surface area contributed by atoms with Gasteiger partial charge < -0.3 is 9.64 Å². The lowest BCUT2D eigenvalue weighted by atomic mass is 10.1. The smallest absolute Gasteiger partial charge is 0.264 e. The molecule has 2 rings (SSSR count). The molecule has 0 radical (unpaired) electrons. The predicted octanol–water partition coefficient (Wildman–Crippen LogP) is 0.466. The number of nitrogens with zero attached hydrogens (tertiary/aromatic N) is 1. The summed E-state index contributed by atoms with van der Waals surface area (Å²) < 4.78 is 18.4. The molecule has 0 aromatic heterocycles. The minimum absolute atomic E-state index is 0.205. The van der Waals surface area contributed by atoms with E-state index in [2.05, 4.69) is 5.32 Å². The fourth-order valence-electron chi connectivity index (χ4n) is 2.01. The van der Waals surface area contributed by atoms with Crippen molar-refractivity contribution in [2.75, 3.05) is 6.54 Å². The maximum Gasteiger partial charge on any atom is 0.264 e. The van der Waals surface area contributed by atoms with E-state index >= 15 is 0 Å². The van der Waals surface area contributed by atoms with Crippen LogP contribution >= 0.6 is 0 Å². The van der Waals surface area contributed by atoms with Gasteiger partial charge in [-0.05, 0) is 26.0 Å². The van der Waals surface area contributed by atoms with E-state index in [1.165, 1.54) is 32.0 Å². The lowest BCUT2D eigenvalue weighted by Crippen LogP contribution is -2.60. The molecule has 0 bridgehead atoms. The molecule has 1 aliphatic rings. The molecular formula is C14H15FN2O4. The van der Waals surface area contributed by atoms with E-state index < -0.39 is 35.7 Å². The maximum absolute atomic E-state index is 13.1. The van der Waals surface area contributed by atoms with Crippen molar-refractivity contribution in [1.29, 1.82) is 0 Å². The molecule has 0 aliphatic carbocycles. The molecule has 1 heterocycles. The Kier molecular flexibility index (Phi) is 4.21. The average Bonchev–Trinajstić information content (AvgIpc) is 2.42. The third kappa shape index (κ3) is 3.36. The number of hydrogen-bond donors (Lipinski definition) is 1. The molecule has 6 nitrogen and oxygen atoms in total.